The fraction of sp³-hybridized carbons (Fsp3) is 0.636. The summed E-state index contributed by atoms with van der Waals surface area (Å²) in [7, 11) is 2.17. The van der Waals surface area contributed by atoms with Crippen molar-refractivity contribution in [3.8, 4) is 0 Å². The molecule has 3 heteroatoms. The molecule has 2 atom stereocenters. The third-order valence-corrected chi connectivity index (χ3v) is 3.59. The predicted molar refractivity (Wildman–Crippen MR) is 61.6 cm³/mol. The number of likely N-dealkylation sites (tertiary alicyclic amines) is 1. The van der Waals surface area contributed by atoms with Crippen molar-refractivity contribution in [2.24, 2.45) is 11.7 Å². The lowest BCUT2D eigenvalue weighted by Gasteiger charge is -2.33. The van der Waals surface area contributed by atoms with E-state index in [9.17, 15) is 0 Å². The van der Waals surface area contributed by atoms with Gasteiger partial charge in [0.15, 0.2) is 0 Å². The zero-order valence-corrected chi connectivity index (χ0v) is 9.46. The van der Waals surface area contributed by atoms with Crippen LogP contribution in [0.5, 0.6) is 0 Å². The number of hydrogen-bond acceptors (Lipinski definition) is 3. The summed E-state index contributed by atoms with van der Waals surface area (Å²) in [5.74, 6) is 0.748. The molecule has 2 rings (SSSR count). The van der Waals surface area contributed by atoms with Gasteiger partial charge >= 0.3 is 0 Å². The molecule has 0 aromatic carbocycles. The smallest absolute Gasteiger partial charge is 0.0170 e. The van der Waals surface area contributed by atoms with Crippen LogP contribution in [-0.4, -0.2) is 31.1 Å². The quantitative estimate of drug-likeness (QED) is 0.803. The first kappa shape index (κ1) is 10.1. The van der Waals surface area contributed by atoms with Crippen LogP contribution in [0.25, 0.3) is 0 Å². The van der Waals surface area contributed by atoms with Crippen LogP contribution >= 0.6 is 11.3 Å². The third-order valence-electron chi connectivity index (χ3n) is 2.86. The number of thiophene rings is 1. The summed E-state index contributed by atoms with van der Waals surface area (Å²) in [6.45, 7) is 2.25. The second-order valence-electron chi connectivity index (χ2n) is 4.42. The van der Waals surface area contributed by atoms with Gasteiger partial charge in [-0.3, -0.25) is 0 Å². The fourth-order valence-electron chi connectivity index (χ4n) is 2.38. The van der Waals surface area contributed by atoms with Gasteiger partial charge in [0.25, 0.3) is 0 Å². The molecule has 1 saturated heterocycles. The highest BCUT2D eigenvalue weighted by Gasteiger charge is 2.22. The summed E-state index contributed by atoms with van der Waals surface area (Å²) in [4.78, 5) is 2.35. The van der Waals surface area contributed by atoms with E-state index in [4.69, 9.17) is 5.73 Å². The Balaban J connectivity index is 1.91. The van der Waals surface area contributed by atoms with Crippen molar-refractivity contribution in [3.05, 3.63) is 22.4 Å². The Kier molecular flexibility index (Phi) is 3.21. The normalized spacial score (nSPS) is 29.3. The van der Waals surface area contributed by atoms with Gasteiger partial charge in [-0.25, -0.2) is 0 Å². The van der Waals surface area contributed by atoms with Crippen molar-refractivity contribution in [1.82, 2.24) is 4.90 Å². The van der Waals surface area contributed by atoms with Crippen molar-refractivity contribution in [2.75, 3.05) is 20.1 Å². The highest BCUT2D eigenvalue weighted by molar-refractivity contribution is 7.07. The van der Waals surface area contributed by atoms with E-state index in [2.05, 4.69) is 28.8 Å². The van der Waals surface area contributed by atoms with Crippen LogP contribution in [0.15, 0.2) is 16.8 Å². The molecule has 2 heterocycles. The average molecular weight is 210 g/mol. The maximum Gasteiger partial charge on any atom is 0.0170 e. The summed E-state index contributed by atoms with van der Waals surface area (Å²) in [6.07, 6.45) is 2.38. The van der Waals surface area contributed by atoms with Crippen LogP contribution in [0.1, 0.15) is 12.0 Å². The molecule has 1 fully saturated rings. The minimum atomic E-state index is 0.373. The Morgan fingerprint density at radius 2 is 2.43 bits per heavy atom. The van der Waals surface area contributed by atoms with Gasteiger partial charge in [-0.05, 0) is 48.2 Å². The van der Waals surface area contributed by atoms with Gasteiger partial charge in [-0.1, -0.05) is 0 Å². The topological polar surface area (TPSA) is 29.3 Å². The van der Waals surface area contributed by atoms with E-state index < -0.39 is 0 Å². The molecule has 0 bridgehead atoms. The van der Waals surface area contributed by atoms with Crippen molar-refractivity contribution in [3.63, 3.8) is 0 Å². The Morgan fingerprint density at radius 1 is 1.57 bits per heavy atom. The Morgan fingerprint density at radius 3 is 3.07 bits per heavy atom. The van der Waals surface area contributed by atoms with Gasteiger partial charge in [0.05, 0.1) is 0 Å². The molecule has 1 aliphatic rings. The molecule has 2 unspecified atom stereocenters. The molecule has 14 heavy (non-hydrogen) atoms. The molecular weight excluding hydrogens is 192 g/mol. The van der Waals surface area contributed by atoms with Crippen LogP contribution in [0, 0.1) is 5.92 Å². The molecule has 0 spiro atoms. The molecule has 2 nitrogen and oxygen atoms in total. The molecule has 0 saturated carbocycles. The minimum Gasteiger partial charge on any atom is -0.327 e. The minimum absolute atomic E-state index is 0.373. The molecule has 0 radical (unpaired) electrons. The summed E-state index contributed by atoms with van der Waals surface area (Å²) in [5.41, 5.74) is 7.48. The second kappa shape index (κ2) is 4.43. The Hall–Kier alpha value is -0.380. The van der Waals surface area contributed by atoms with E-state index in [1.807, 2.05) is 0 Å². The maximum absolute atomic E-state index is 6.01. The van der Waals surface area contributed by atoms with Crippen molar-refractivity contribution >= 4 is 11.3 Å². The zero-order chi connectivity index (χ0) is 9.97. The van der Waals surface area contributed by atoms with Crippen LogP contribution in [-0.2, 0) is 6.42 Å². The zero-order valence-electron chi connectivity index (χ0n) is 8.65. The molecule has 1 aromatic rings. The van der Waals surface area contributed by atoms with Gasteiger partial charge < -0.3 is 10.6 Å². The number of piperidine rings is 1. The van der Waals surface area contributed by atoms with Gasteiger partial charge in [0.1, 0.15) is 0 Å². The van der Waals surface area contributed by atoms with E-state index >= 15 is 0 Å². The third kappa shape index (κ3) is 2.56. The standard InChI is InChI=1S/C11H18N2S/c1-13-6-10(5-11(12)7-13)4-9-2-3-14-8-9/h2-3,8,10-11H,4-7,12H2,1H3. The molecule has 78 valence electrons. The van der Waals surface area contributed by atoms with E-state index in [0.717, 1.165) is 12.5 Å². The highest BCUT2D eigenvalue weighted by Crippen LogP contribution is 2.20. The van der Waals surface area contributed by atoms with Gasteiger partial charge in [-0.15, -0.1) is 0 Å². The molecule has 1 aromatic heterocycles. The number of nitrogens with two attached hydrogens (primary N) is 1. The Bertz CT molecular complexity index is 261. The van der Waals surface area contributed by atoms with Crippen LogP contribution in [0.4, 0.5) is 0 Å². The molecule has 0 amide bonds. The Labute approximate surface area is 89.7 Å². The number of likely N-dealkylation sites (N-methyl/N-ethyl adjacent to an activating group) is 1. The van der Waals surface area contributed by atoms with Crippen LogP contribution in [0.3, 0.4) is 0 Å². The average Bonchev–Trinajstić information content (AvgIpc) is 2.54. The lowest BCUT2D eigenvalue weighted by Crippen LogP contribution is -2.45. The van der Waals surface area contributed by atoms with E-state index in [1.54, 1.807) is 11.3 Å². The first-order valence-corrected chi connectivity index (χ1v) is 6.13. The van der Waals surface area contributed by atoms with E-state index in [-0.39, 0.29) is 0 Å². The van der Waals surface area contributed by atoms with Crippen molar-refractivity contribution in [1.29, 1.82) is 0 Å². The SMILES string of the molecule is CN1CC(N)CC(Cc2ccsc2)C1. The summed E-state index contributed by atoms with van der Waals surface area (Å²) in [5, 5.41) is 4.40. The van der Waals surface area contributed by atoms with Gasteiger partial charge in [0, 0.05) is 19.1 Å². The largest absolute Gasteiger partial charge is 0.327 e. The summed E-state index contributed by atoms with van der Waals surface area (Å²) >= 11 is 1.78. The number of nitrogens with zero attached hydrogens (tertiary/aromatic N) is 1. The van der Waals surface area contributed by atoms with Crippen molar-refractivity contribution in [2.45, 2.75) is 18.9 Å². The summed E-state index contributed by atoms with van der Waals surface area (Å²) < 4.78 is 0. The van der Waals surface area contributed by atoms with Crippen LogP contribution < -0.4 is 5.73 Å². The lowest BCUT2D eigenvalue weighted by molar-refractivity contribution is 0.188. The van der Waals surface area contributed by atoms with E-state index in [1.165, 1.54) is 24.9 Å². The first-order chi connectivity index (χ1) is 6.74. The van der Waals surface area contributed by atoms with Crippen molar-refractivity contribution < 1.29 is 0 Å². The number of rotatable bonds is 2. The predicted octanol–water partition coefficient (Wildman–Crippen LogP) is 1.57. The van der Waals surface area contributed by atoms with Gasteiger partial charge in [0.2, 0.25) is 0 Å². The fourth-order valence-corrected chi connectivity index (χ4v) is 3.06. The van der Waals surface area contributed by atoms with Crippen LogP contribution in [0.2, 0.25) is 0 Å². The van der Waals surface area contributed by atoms with Gasteiger partial charge in [-0.2, -0.15) is 11.3 Å². The number of hydrogen-bond donors (Lipinski definition) is 1. The second-order valence-corrected chi connectivity index (χ2v) is 5.20. The molecule has 0 aliphatic carbocycles. The van der Waals surface area contributed by atoms with E-state index in [0.29, 0.717) is 6.04 Å². The summed E-state index contributed by atoms with van der Waals surface area (Å²) in [6, 6.07) is 2.60. The maximum atomic E-state index is 6.01. The molecule has 2 N–H and O–H groups in total. The highest BCUT2D eigenvalue weighted by atomic mass is 32.1. The first-order valence-electron chi connectivity index (χ1n) is 5.19. The monoisotopic (exact) mass is 210 g/mol. The lowest BCUT2D eigenvalue weighted by atomic mass is 9.90. The molecular formula is C11H18N2S. The molecule has 1 aliphatic heterocycles.